The van der Waals surface area contributed by atoms with Crippen molar-refractivity contribution >= 4 is 29.4 Å². The molecule has 3 nitrogen and oxygen atoms in total. The summed E-state index contributed by atoms with van der Waals surface area (Å²) in [5, 5.41) is 0. The van der Waals surface area contributed by atoms with Crippen LogP contribution in [0.5, 0.6) is 5.75 Å². The molecule has 0 spiro atoms. The molecule has 0 bridgehead atoms. The van der Waals surface area contributed by atoms with Gasteiger partial charge < -0.3 is 9.64 Å². The third-order valence-electron chi connectivity index (χ3n) is 4.05. The number of carbonyl (C=O) groups is 1. The molecule has 2 fully saturated rings. The Morgan fingerprint density at radius 1 is 1.05 bits per heavy atom. The maximum Gasteiger partial charge on any atom is 0.260 e. The summed E-state index contributed by atoms with van der Waals surface area (Å²) in [6.07, 6.45) is 4.79. The maximum absolute atomic E-state index is 12.1. The normalized spacial score (nSPS) is 19.9. The molecule has 0 atom stereocenters. The van der Waals surface area contributed by atoms with E-state index in [-0.39, 0.29) is 12.5 Å². The molecule has 2 aliphatic heterocycles. The predicted molar refractivity (Wildman–Crippen MR) is 94.6 cm³/mol. The van der Waals surface area contributed by atoms with Gasteiger partial charge in [-0.2, -0.15) is 0 Å². The first-order valence-electron chi connectivity index (χ1n) is 8.07. The summed E-state index contributed by atoms with van der Waals surface area (Å²) in [5.41, 5.74) is 1.35. The quantitative estimate of drug-likeness (QED) is 0.832. The molecule has 0 saturated carbocycles. The Morgan fingerprint density at radius 3 is 2.41 bits per heavy atom. The second-order valence-corrected chi connectivity index (χ2v) is 8.45. The summed E-state index contributed by atoms with van der Waals surface area (Å²) >= 11 is 4.04. The maximum atomic E-state index is 12.1. The SMILES string of the molecule is O=C(COc1ccc(C2SCCCS2)cc1)N1CCCCC1. The van der Waals surface area contributed by atoms with E-state index in [1.54, 1.807) is 0 Å². The van der Waals surface area contributed by atoms with Crippen molar-refractivity contribution in [2.75, 3.05) is 31.2 Å². The van der Waals surface area contributed by atoms with Gasteiger partial charge in [-0.1, -0.05) is 12.1 Å². The van der Waals surface area contributed by atoms with Crippen molar-refractivity contribution in [3.63, 3.8) is 0 Å². The van der Waals surface area contributed by atoms with Crippen LogP contribution in [0.4, 0.5) is 0 Å². The fourth-order valence-corrected chi connectivity index (χ4v) is 5.68. The van der Waals surface area contributed by atoms with E-state index in [0.717, 1.165) is 31.7 Å². The first-order valence-corrected chi connectivity index (χ1v) is 10.2. The van der Waals surface area contributed by atoms with Crippen LogP contribution in [0.2, 0.25) is 0 Å². The van der Waals surface area contributed by atoms with E-state index in [0.29, 0.717) is 4.58 Å². The van der Waals surface area contributed by atoms with Crippen LogP contribution in [-0.4, -0.2) is 42.0 Å². The minimum absolute atomic E-state index is 0.113. The van der Waals surface area contributed by atoms with Gasteiger partial charge in [-0.25, -0.2) is 0 Å². The van der Waals surface area contributed by atoms with Gasteiger partial charge in [-0.3, -0.25) is 4.79 Å². The summed E-state index contributed by atoms with van der Waals surface area (Å²) in [6, 6.07) is 8.26. The van der Waals surface area contributed by atoms with E-state index >= 15 is 0 Å². The van der Waals surface area contributed by atoms with E-state index in [2.05, 4.69) is 12.1 Å². The van der Waals surface area contributed by atoms with Crippen molar-refractivity contribution < 1.29 is 9.53 Å². The Labute approximate surface area is 141 Å². The number of carbonyl (C=O) groups excluding carboxylic acids is 1. The minimum atomic E-state index is 0.113. The van der Waals surface area contributed by atoms with Gasteiger partial charge in [0.25, 0.3) is 5.91 Å². The van der Waals surface area contributed by atoms with Crippen molar-refractivity contribution in [2.45, 2.75) is 30.3 Å². The monoisotopic (exact) mass is 337 g/mol. The van der Waals surface area contributed by atoms with Gasteiger partial charge in [-0.05, 0) is 54.9 Å². The highest BCUT2D eigenvalue weighted by Gasteiger charge is 2.18. The number of thioether (sulfide) groups is 2. The number of benzene rings is 1. The van der Waals surface area contributed by atoms with E-state index in [1.165, 1.54) is 29.9 Å². The molecule has 1 aromatic rings. The first kappa shape index (κ1) is 16.1. The van der Waals surface area contributed by atoms with Crippen molar-refractivity contribution in [3.8, 4) is 5.75 Å². The van der Waals surface area contributed by atoms with Crippen LogP contribution >= 0.6 is 23.5 Å². The van der Waals surface area contributed by atoms with Crippen molar-refractivity contribution in [2.24, 2.45) is 0 Å². The van der Waals surface area contributed by atoms with E-state index in [9.17, 15) is 4.79 Å². The van der Waals surface area contributed by atoms with Crippen LogP contribution in [0.3, 0.4) is 0 Å². The summed E-state index contributed by atoms with van der Waals surface area (Å²) in [7, 11) is 0. The van der Waals surface area contributed by atoms with Crippen molar-refractivity contribution in [1.82, 2.24) is 4.90 Å². The number of rotatable bonds is 4. The number of ether oxygens (including phenoxy) is 1. The summed E-state index contributed by atoms with van der Waals surface area (Å²) in [6.45, 7) is 1.93. The highest BCUT2D eigenvalue weighted by Crippen LogP contribution is 2.43. The smallest absolute Gasteiger partial charge is 0.260 e. The molecule has 1 amide bonds. The van der Waals surface area contributed by atoms with Gasteiger partial charge >= 0.3 is 0 Å². The Balaban J connectivity index is 1.49. The molecule has 0 radical (unpaired) electrons. The molecule has 5 heteroatoms. The third-order valence-corrected chi connectivity index (χ3v) is 7.07. The van der Waals surface area contributed by atoms with E-state index in [4.69, 9.17) is 4.74 Å². The zero-order chi connectivity index (χ0) is 15.2. The Hall–Kier alpha value is -0.810. The third kappa shape index (κ3) is 4.35. The zero-order valence-corrected chi connectivity index (χ0v) is 14.5. The molecule has 120 valence electrons. The topological polar surface area (TPSA) is 29.5 Å². The largest absolute Gasteiger partial charge is 0.484 e. The van der Waals surface area contributed by atoms with Crippen LogP contribution in [-0.2, 0) is 4.79 Å². The van der Waals surface area contributed by atoms with Crippen LogP contribution in [0.25, 0.3) is 0 Å². The number of hydrogen-bond donors (Lipinski definition) is 0. The number of nitrogens with zero attached hydrogens (tertiary/aromatic N) is 1. The van der Waals surface area contributed by atoms with Gasteiger partial charge in [0.2, 0.25) is 0 Å². The molecule has 3 rings (SSSR count). The standard InChI is InChI=1S/C17H23NO2S2/c19-16(18-9-2-1-3-10-18)13-20-15-7-5-14(6-8-15)17-21-11-4-12-22-17/h5-8,17H,1-4,9-13H2. The van der Waals surface area contributed by atoms with Gasteiger partial charge in [0.15, 0.2) is 6.61 Å². The highest BCUT2D eigenvalue weighted by molar-refractivity contribution is 8.16. The second kappa shape index (κ2) is 8.16. The Bertz CT molecular complexity index is 480. The fourth-order valence-electron chi connectivity index (χ4n) is 2.78. The van der Waals surface area contributed by atoms with Gasteiger partial charge in [0.1, 0.15) is 5.75 Å². The number of likely N-dealkylation sites (tertiary alicyclic amines) is 1. The lowest BCUT2D eigenvalue weighted by molar-refractivity contribution is -0.134. The molecule has 2 saturated heterocycles. The van der Waals surface area contributed by atoms with Crippen LogP contribution in [0, 0.1) is 0 Å². The number of piperidine rings is 1. The molecule has 0 aliphatic carbocycles. The highest BCUT2D eigenvalue weighted by atomic mass is 32.2. The van der Waals surface area contributed by atoms with Crippen LogP contribution < -0.4 is 4.74 Å². The lowest BCUT2D eigenvalue weighted by Crippen LogP contribution is -2.38. The molecule has 2 aliphatic rings. The van der Waals surface area contributed by atoms with Crippen LogP contribution in [0.1, 0.15) is 35.8 Å². The fraction of sp³-hybridized carbons (Fsp3) is 0.588. The lowest BCUT2D eigenvalue weighted by atomic mass is 10.1. The zero-order valence-electron chi connectivity index (χ0n) is 12.8. The number of amides is 1. The average molecular weight is 338 g/mol. The number of hydrogen-bond acceptors (Lipinski definition) is 4. The summed E-state index contributed by atoms with van der Waals surface area (Å²) in [5.74, 6) is 3.41. The lowest BCUT2D eigenvalue weighted by Gasteiger charge is -2.26. The van der Waals surface area contributed by atoms with E-state index in [1.807, 2.05) is 40.6 Å². The molecule has 22 heavy (non-hydrogen) atoms. The molecule has 1 aromatic carbocycles. The van der Waals surface area contributed by atoms with E-state index < -0.39 is 0 Å². The Morgan fingerprint density at radius 2 is 1.73 bits per heavy atom. The first-order chi connectivity index (χ1) is 10.8. The average Bonchev–Trinajstić information content (AvgIpc) is 2.61. The van der Waals surface area contributed by atoms with Gasteiger partial charge in [0.05, 0.1) is 4.58 Å². The minimum Gasteiger partial charge on any atom is -0.484 e. The van der Waals surface area contributed by atoms with Gasteiger partial charge in [-0.15, -0.1) is 23.5 Å². The summed E-state index contributed by atoms with van der Waals surface area (Å²) in [4.78, 5) is 14.0. The molecular formula is C17H23NO2S2. The molecule has 0 N–H and O–H groups in total. The predicted octanol–water partition coefficient (Wildman–Crippen LogP) is 3.95. The molecule has 0 unspecified atom stereocenters. The van der Waals surface area contributed by atoms with Gasteiger partial charge in [0, 0.05) is 13.1 Å². The van der Waals surface area contributed by atoms with Crippen molar-refractivity contribution in [3.05, 3.63) is 29.8 Å². The van der Waals surface area contributed by atoms with Crippen LogP contribution in [0.15, 0.2) is 24.3 Å². The Kier molecular flexibility index (Phi) is 5.96. The molecule has 0 aromatic heterocycles. The molecular weight excluding hydrogens is 314 g/mol. The van der Waals surface area contributed by atoms with Crippen molar-refractivity contribution in [1.29, 1.82) is 0 Å². The summed E-state index contributed by atoms with van der Waals surface area (Å²) < 4.78 is 6.21. The second-order valence-electron chi connectivity index (χ2n) is 5.73. The molecule has 2 heterocycles.